The second-order valence-corrected chi connectivity index (χ2v) is 6.68. The van der Waals surface area contributed by atoms with Crippen molar-refractivity contribution in [3.05, 3.63) is 66.1 Å². The molecule has 2 heterocycles. The molecule has 29 heavy (non-hydrogen) atoms. The maximum atomic E-state index is 12.9. The summed E-state index contributed by atoms with van der Waals surface area (Å²) in [4.78, 5) is 18.6. The van der Waals surface area contributed by atoms with Gasteiger partial charge in [0.1, 0.15) is 6.04 Å². The van der Waals surface area contributed by atoms with Crippen LogP contribution >= 0.6 is 0 Å². The second-order valence-electron chi connectivity index (χ2n) is 6.68. The summed E-state index contributed by atoms with van der Waals surface area (Å²) in [6.45, 7) is 0.443. The van der Waals surface area contributed by atoms with Gasteiger partial charge in [-0.15, -0.1) is 0 Å². The Kier molecular flexibility index (Phi) is 4.96. The number of likely N-dealkylation sites (tertiary alicyclic amines) is 1. The molecule has 3 aromatic rings. The van der Waals surface area contributed by atoms with E-state index in [1.807, 2.05) is 30.3 Å². The molecule has 1 atom stereocenters. The molecule has 1 aliphatic rings. The van der Waals surface area contributed by atoms with E-state index in [0.717, 1.165) is 24.1 Å². The Balaban J connectivity index is 1.50. The van der Waals surface area contributed by atoms with Crippen molar-refractivity contribution in [1.29, 1.82) is 0 Å². The molecule has 1 N–H and O–H groups in total. The first-order valence-electron chi connectivity index (χ1n) is 9.06. The van der Waals surface area contributed by atoms with E-state index in [-0.39, 0.29) is 5.69 Å². The molecule has 0 unspecified atom stereocenters. The van der Waals surface area contributed by atoms with Gasteiger partial charge >= 0.3 is 12.2 Å². The van der Waals surface area contributed by atoms with Crippen LogP contribution in [0, 0.1) is 0 Å². The molecule has 2 amide bonds. The molecule has 0 bridgehead atoms. The van der Waals surface area contributed by atoms with Crippen molar-refractivity contribution in [3.8, 4) is 11.4 Å². The molecule has 4 rings (SSSR count). The molecule has 1 saturated heterocycles. The van der Waals surface area contributed by atoms with Crippen LogP contribution in [0.1, 0.15) is 30.3 Å². The lowest BCUT2D eigenvalue weighted by molar-refractivity contribution is -0.137. The van der Waals surface area contributed by atoms with Crippen molar-refractivity contribution in [2.45, 2.75) is 25.1 Å². The van der Waals surface area contributed by atoms with E-state index < -0.39 is 23.8 Å². The first kappa shape index (κ1) is 19.0. The Morgan fingerprint density at radius 3 is 2.69 bits per heavy atom. The van der Waals surface area contributed by atoms with Gasteiger partial charge in [0.05, 0.1) is 5.56 Å². The van der Waals surface area contributed by atoms with E-state index in [9.17, 15) is 18.0 Å². The molecular formula is C20H17F3N4O2. The van der Waals surface area contributed by atoms with E-state index in [0.29, 0.717) is 24.7 Å². The summed E-state index contributed by atoms with van der Waals surface area (Å²) >= 11 is 0. The highest BCUT2D eigenvalue weighted by atomic mass is 19.4. The Labute approximate surface area is 164 Å². The zero-order valence-corrected chi connectivity index (χ0v) is 15.2. The van der Waals surface area contributed by atoms with Gasteiger partial charge in [-0.3, -0.25) is 0 Å². The molecule has 6 nitrogen and oxygen atoms in total. The number of anilines is 1. The highest BCUT2D eigenvalue weighted by Gasteiger charge is 2.35. The number of nitrogens with zero attached hydrogens (tertiary/aromatic N) is 3. The smallest absolute Gasteiger partial charge is 0.337 e. The quantitative estimate of drug-likeness (QED) is 0.660. The predicted octanol–water partition coefficient (Wildman–Crippen LogP) is 5.12. The highest BCUT2D eigenvalue weighted by Crippen LogP contribution is 2.34. The third-order valence-corrected chi connectivity index (χ3v) is 4.71. The summed E-state index contributed by atoms with van der Waals surface area (Å²) in [6.07, 6.45) is -3.12. The lowest BCUT2D eigenvalue weighted by atomic mass is 10.2. The molecule has 0 saturated carbocycles. The summed E-state index contributed by atoms with van der Waals surface area (Å²) in [6, 6.07) is 12.9. The zero-order chi connectivity index (χ0) is 20.4. The van der Waals surface area contributed by atoms with Crippen molar-refractivity contribution < 1.29 is 22.5 Å². The van der Waals surface area contributed by atoms with Crippen LogP contribution < -0.4 is 5.32 Å². The average molecular weight is 402 g/mol. The van der Waals surface area contributed by atoms with Crippen LogP contribution in [0.4, 0.5) is 23.7 Å². The van der Waals surface area contributed by atoms with Crippen molar-refractivity contribution in [1.82, 2.24) is 15.0 Å². The van der Waals surface area contributed by atoms with Gasteiger partial charge < -0.3 is 14.7 Å². The summed E-state index contributed by atoms with van der Waals surface area (Å²) < 4.78 is 44.0. The maximum Gasteiger partial charge on any atom is 0.416 e. The molecule has 0 spiro atoms. The summed E-state index contributed by atoms with van der Waals surface area (Å²) in [5.41, 5.74) is 0.0455. The molecule has 0 radical (unpaired) electrons. The molecule has 9 heteroatoms. The van der Waals surface area contributed by atoms with Gasteiger partial charge in [0, 0.05) is 17.8 Å². The maximum absolute atomic E-state index is 12.9. The summed E-state index contributed by atoms with van der Waals surface area (Å²) in [5.74, 6) is 0.728. The number of carbonyl (C=O) groups excluding carboxylic acids is 1. The third-order valence-electron chi connectivity index (χ3n) is 4.71. The Morgan fingerprint density at radius 1 is 1.14 bits per heavy atom. The van der Waals surface area contributed by atoms with E-state index in [4.69, 9.17) is 4.52 Å². The van der Waals surface area contributed by atoms with Crippen LogP contribution in [0.5, 0.6) is 0 Å². The SMILES string of the molecule is O=C(Nc1cccc(C(F)(F)F)c1)N1CCC[C@H]1c1nc(-c2ccccc2)no1. The third kappa shape index (κ3) is 4.08. The number of carbonyl (C=O) groups is 1. The molecule has 2 aromatic carbocycles. The Hall–Kier alpha value is -3.36. The Bertz CT molecular complexity index is 1000. The number of hydrogen-bond donors (Lipinski definition) is 1. The lowest BCUT2D eigenvalue weighted by Crippen LogP contribution is -2.34. The standard InChI is InChI=1S/C20H17F3N4O2/c21-20(22,23)14-8-4-9-15(12-14)24-19(28)27-11-5-10-16(27)18-25-17(26-29-18)13-6-2-1-3-7-13/h1-4,6-9,12,16H,5,10-11H2,(H,24,28)/t16-/m0/s1. The van der Waals surface area contributed by atoms with Crippen LogP contribution in [0.2, 0.25) is 0 Å². The van der Waals surface area contributed by atoms with E-state index in [1.54, 1.807) is 0 Å². The highest BCUT2D eigenvalue weighted by molar-refractivity contribution is 5.89. The number of amides is 2. The van der Waals surface area contributed by atoms with Crippen LogP contribution in [0.3, 0.4) is 0 Å². The monoisotopic (exact) mass is 402 g/mol. The molecule has 1 aromatic heterocycles. The fourth-order valence-electron chi connectivity index (χ4n) is 3.31. The zero-order valence-electron chi connectivity index (χ0n) is 15.2. The normalized spacial score (nSPS) is 16.8. The topological polar surface area (TPSA) is 71.3 Å². The van der Waals surface area contributed by atoms with Gasteiger partial charge in [0.2, 0.25) is 11.7 Å². The molecule has 0 aliphatic carbocycles. The number of alkyl halides is 3. The van der Waals surface area contributed by atoms with Crippen LogP contribution in [-0.4, -0.2) is 27.6 Å². The first-order chi connectivity index (χ1) is 13.9. The van der Waals surface area contributed by atoms with Crippen LogP contribution in [0.25, 0.3) is 11.4 Å². The summed E-state index contributed by atoms with van der Waals surface area (Å²) in [5, 5.41) is 6.51. The molecule has 150 valence electrons. The largest absolute Gasteiger partial charge is 0.416 e. The fourth-order valence-corrected chi connectivity index (χ4v) is 3.31. The second kappa shape index (κ2) is 7.57. The van der Waals surface area contributed by atoms with Crippen molar-refractivity contribution in [2.24, 2.45) is 0 Å². The van der Waals surface area contributed by atoms with Gasteiger partial charge in [0.25, 0.3) is 0 Å². The van der Waals surface area contributed by atoms with Crippen molar-refractivity contribution in [3.63, 3.8) is 0 Å². The number of urea groups is 1. The number of hydrogen-bond acceptors (Lipinski definition) is 4. The number of nitrogens with one attached hydrogen (secondary N) is 1. The average Bonchev–Trinajstić information content (AvgIpc) is 3.38. The first-order valence-corrected chi connectivity index (χ1v) is 9.06. The van der Waals surface area contributed by atoms with Gasteiger partial charge in [-0.25, -0.2) is 4.79 Å². The lowest BCUT2D eigenvalue weighted by Gasteiger charge is -2.22. The fraction of sp³-hybridized carbons (Fsp3) is 0.250. The minimum Gasteiger partial charge on any atom is -0.337 e. The minimum atomic E-state index is -4.48. The van der Waals surface area contributed by atoms with Crippen LogP contribution in [-0.2, 0) is 6.18 Å². The van der Waals surface area contributed by atoms with Gasteiger partial charge in [-0.2, -0.15) is 18.2 Å². The van der Waals surface area contributed by atoms with E-state index in [1.165, 1.54) is 17.0 Å². The minimum absolute atomic E-state index is 0.0750. The van der Waals surface area contributed by atoms with Crippen molar-refractivity contribution >= 4 is 11.7 Å². The van der Waals surface area contributed by atoms with Gasteiger partial charge in [0.15, 0.2) is 0 Å². The number of benzene rings is 2. The Morgan fingerprint density at radius 2 is 1.93 bits per heavy atom. The number of halogens is 3. The molecule has 1 aliphatic heterocycles. The van der Waals surface area contributed by atoms with Gasteiger partial charge in [-0.05, 0) is 31.0 Å². The summed E-state index contributed by atoms with van der Waals surface area (Å²) in [7, 11) is 0. The molecular weight excluding hydrogens is 385 g/mol. The van der Waals surface area contributed by atoms with E-state index in [2.05, 4.69) is 15.5 Å². The van der Waals surface area contributed by atoms with Crippen LogP contribution in [0.15, 0.2) is 59.1 Å². The van der Waals surface area contributed by atoms with Gasteiger partial charge in [-0.1, -0.05) is 41.6 Å². The van der Waals surface area contributed by atoms with Crippen molar-refractivity contribution in [2.75, 3.05) is 11.9 Å². The predicted molar refractivity (Wildman–Crippen MR) is 98.9 cm³/mol. The van der Waals surface area contributed by atoms with E-state index >= 15 is 0 Å². The number of aromatic nitrogens is 2. The number of rotatable bonds is 3. The molecule has 1 fully saturated rings.